The van der Waals surface area contributed by atoms with Crippen molar-refractivity contribution >= 4 is 21.6 Å². The maximum atomic E-state index is 12.9. The van der Waals surface area contributed by atoms with Crippen molar-refractivity contribution in [2.24, 2.45) is 0 Å². The number of sulfonamides is 1. The molecule has 1 amide bonds. The highest BCUT2D eigenvalue weighted by Gasteiger charge is 2.24. The highest BCUT2D eigenvalue weighted by atomic mass is 32.2. The van der Waals surface area contributed by atoms with Crippen molar-refractivity contribution in [3.05, 3.63) is 53.1 Å². The summed E-state index contributed by atoms with van der Waals surface area (Å²) in [5, 5.41) is 0. The Labute approximate surface area is 166 Å². The molecule has 3 rings (SSSR count). The van der Waals surface area contributed by atoms with E-state index < -0.39 is 10.0 Å². The average molecular weight is 403 g/mol. The summed E-state index contributed by atoms with van der Waals surface area (Å²) in [4.78, 5) is 14.7. The molecule has 2 aromatic carbocycles. The summed E-state index contributed by atoms with van der Waals surface area (Å²) in [7, 11) is -2.36. The molecule has 1 fully saturated rings. The molecule has 1 saturated heterocycles. The summed E-state index contributed by atoms with van der Waals surface area (Å²) in [6.07, 6.45) is 3.02. The van der Waals surface area contributed by atoms with Crippen LogP contribution in [0.1, 0.15) is 40.7 Å². The van der Waals surface area contributed by atoms with Crippen LogP contribution in [-0.4, -0.2) is 39.4 Å². The molecule has 28 heavy (non-hydrogen) atoms. The van der Waals surface area contributed by atoms with Gasteiger partial charge in [-0.25, -0.2) is 8.42 Å². The van der Waals surface area contributed by atoms with E-state index in [-0.39, 0.29) is 16.4 Å². The van der Waals surface area contributed by atoms with E-state index in [1.54, 1.807) is 11.0 Å². The van der Waals surface area contributed by atoms with Gasteiger partial charge in [0.1, 0.15) is 5.75 Å². The number of hydrogen-bond donors (Lipinski definition) is 1. The first-order valence-corrected chi connectivity index (χ1v) is 10.9. The van der Waals surface area contributed by atoms with Crippen LogP contribution in [0.25, 0.3) is 0 Å². The van der Waals surface area contributed by atoms with Gasteiger partial charge in [0.05, 0.1) is 23.3 Å². The minimum atomic E-state index is -3.84. The summed E-state index contributed by atoms with van der Waals surface area (Å²) < 4.78 is 33.8. The second-order valence-electron chi connectivity index (χ2n) is 7.14. The normalized spacial score (nSPS) is 14.6. The van der Waals surface area contributed by atoms with Gasteiger partial charge in [-0.3, -0.25) is 9.52 Å². The van der Waals surface area contributed by atoms with Crippen LogP contribution in [0, 0.1) is 13.8 Å². The number of likely N-dealkylation sites (tertiary alicyclic amines) is 1. The topological polar surface area (TPSA) is 75.7 Å². The molecule has 1 heterocycles. The molecular weight excluding hydrogens is 376 g/mol. The standard InChI is InChI=1S/C21H26N2O4S/c1-15-7-9-19(16(2)13-15)22-28(25,26)17-8-10-20(27-3)18(14-17)21(24)23-11-5-4-6-12-23/h7-10,13-14,22H,4-6,11-12H2,1-3H3. The number of piperidine rings is 1. The summed E-state index contributed by atoms with van der Waals surface area (Å²) in [5.41, 5.74) is 2.68. The molecule has 2 aromatic rings. The van der Waals surface area contributed by atoms with Crippen molar-refractivity contribution in [1.82, 2.24) is 4.90 Å². The van der Waals surface area contributed by atoms with E-state index in [9.17, 15) is 13.2 Å². The number of benzene rings is 2. The molecule has 0 aromatic heterocycles. The third-order valence-corrected chi connectivity index (χ3v) is 6.34. The predicted molar refractivity (Wildman–Crippen MR) is 109 cm³/mol. The van der Waals surface area contributed by atoms with Gasteiger partial charge >= 0.3 is 0 Å². The highest BCUT2D eigenvalue weighted by molar-refractivity contribution is 7.92. The zero-order valence-corrected chi connectivity index (χ0v) is 17.3. The second-order valence-corrected chi connectivity index (χ2v) is 8.82. The number of nitrogens with zero attached hydrogens (tertiary/aromatic N) is 1. The number of anilines is 1. The Balaban J connectivity index is 1.94. The van der Waals surface area contributed by atoms with Crippen LogP contribution in [0.5, 0.6) is 5.75 Å². The number of amides is 1. The fourth-order valence-electron chi connectivity index (χ4n) is 3.42. The second kappa shape index (κ2) is 8.22. The zero-order valence-electron chi connectivity index (χ0n) is 16.5. The monoisotopic (exact) mass is 402 g/mol. The van der Waals surface area contributed by atoms with Gasteiger partial charge in [0, 0.05) is 13.1 Å². The van der Waals surface area contributed by atoms with Crippen molar-refractivity contribution in [3.8, 4) is 5.75 Å². The van der Waals surface area contributed by atoms with Crippen molar-refractivity contribution in [2.75, 3.05) is 24.9 Å². The summed E-state index contributed by atoms with van der Waals surface area (Å²) in [5.74, 6) is 0.182. The van der Waals surface area contributed by atoms with Crippen LogP contribution in [0.15, 0.2) is 41.3 Å². The van der Waals surface area contributed by atoms with E-state index in [0.29, 0.717) is 24.5 Å². The maximum Gasteiger partial charge on any atom is 0.261 e. The summed E-state index contributed by atoms with van der Waals surface area (Å²) in [6, 6.07) is 9.90. The smallest absolute Gasteiger partial charge is 0.261 e. The van der Waals surface area contributed by atoms with Crippen molar-refractivity contribution in [1.29, 1.82) is 0 Å². The SMILES string of the molecule is COc1ccc(S(=O)(=O)Nc2ccc(C)cc2C)cc1C(=O)N1CCCCC1. The fraction of sp³-hybridized carbons (Fsp3) is 0.381. The molecule has 0 atom stereocenters. The molecule has 0 bridgehead atoms. The largest absolute Gasteiger partial charge is 0.496 e. The quantitative estimate of drug-likeness (QED) is 0.827. The molecule has 0 spiro atoms. The van der Waals surface area contributed by atoms with Gasteiger partial charge < -0.3 is 9.64 Å². The lowest BCUT2D eigenvalue weighted by Gasteiger charge is -2.27. The Morgan fingerprint density at radius 3 is 2.39 bits per heavy atom. The van der Waals surface area contributed by atoms with E-state index in [1.807, 2.05) is 26.0 Å². The Hall–Kier alpha value is -2.54. The number of rotatable bonds is 5. The molecule has 150 valence electrons. The molecule has 0 radical (unpaired) electrons. The highest BCUT2D eigenvalue weighted by Crippen LogP contribution is 2.27. The lowest BCUT2D eigenvalue weighted by Crippen LogP contribution is -2.35. The van der Waals surface area contributed by atoms with E-state index >= 15 is 0 Å². The van der Waals surface area contributed by atoms with E-state index in [0.717, 1.165) is 30.4 Å². The van der Waals surface area contributed by atoms with Crippen molar-refractivity contribution < 1.29 is 17.9 Å². The van der Waals surface area contributed by atoms with Crippen molar-refractivity contribution in [3.63, 3.8) is 0 Å². The maximum absolute atomic E-state index is 12.9. The van der Waals surface area contributed by atoms with Gasteiger partial charge in [-0.2, -0.15) is 0 Å². The van der Waals surface area contributed by atoms with Crippen LogP contribution < -0.4 is 9.46 Å². The third kappa shape index (κ3) is 4.30. The Morgan fingerprint density at radius 2 is 1.75 bits per heavy atom. The van der Waals surface area contributed by atoms with Crippen molar-refractivity contribution in [2.45, 2.75) is 38.0 Å². The third-order valence-electron chi connectivity index (χ3n) is 4.98. The van der Waals surface area contributed by atoms with Crippen LogP contribution in [-0.2, 0) is 10.0 Å². The zero-order chi connectivity index (χ0) is 20.3. The molecule has 1 N–H and O–H groups in total. The van der Waals surface area contributed by atoms with Gasteiger partial charge in [-0.15, -0.1) is 0 Å². The molecule has 0 aliphatic carbocycles. The van der Waals surface area contributed by atoms with Gasteiger partial charge in [0.2, 0.25) is 0 Å². The number of methoxy groups -OCH3 is 1. The van der Waals surface area contributed by atoms with Gasteiger partial charge in [0.15, 0.2) is 0 Å². The minimum absolute atomic E-state index is 0.0358. The molecule has 1 aliphatic heterocycles. The number of carbonyl (C=O) groups excluding carboxylic acids is 1. The van der Waals surface area contributed by atoms with Gasteiger partial charge in [-0.05, 0) is 62.9 Å². The number of hydrogen-bond acceptors (Lipinski definition) is 4. The van der Waals surface area contributed by atoms with Crippen LogP contribution in [0.3, 0.4) is 0 Å². The number of carbonyl (C=O) groups is 1. The minimum Gasteiger partial charge on any atom is -0.496 e. The lowest BCUT2D eigenvalue weighted by molar-refractivity contribution is 0.0720. The van der Waals surface area contributed by atoms with E-state index in [4.69, 9.17) is 4.74 Å². The molecule has 0 unspecified atom stereocenters. The average Bonchev–Trinajstić information content (AvgIpc) is 2.69. The number of ether oxygens (including phenoxy) is 1. The Bertz CT molecular complexity index is 980. The molecule has 6 nitrogen and oxygen atoms in total. The Morgan fingerprint density at radius 1 is 1.04 bits per heavy atom. The van der Waals surface area contributed by atoms with Crippen LogP contribution >= 0.6 is 0 Å². The number of aryl methyl sites for hydroxylation is 2. The van der Waals surface area contributed by atoms with Gasteiger partial charge in [-0.1, -0.05) is 17.7 Å². The van der Waals surface area contributed by atoms with Crippen LogP contribution in [0.4, 0.5) is 5.69 Å². The molecular formula is C21H26N2O4S. The first-order chi connectivity index (χ1) is 13.3. The Kier molecular flexibility index (Phi) is 5.93. The lowest BCUT2D eigenvalue weighted by atomic mass is 10.1. The number of nitrogens with one attached hydrogen (secondary N) is 1. The van der Waals surface area contributed by atoms with E-state index in [1.165, 1.54) is 25.3 Å². The molecule has 0 saturated carbocycles. The first-order valence-electron chi connectivity index (χ1n) is 9.39. The summed E-state index contributed by atoms with van der Waals surface area (Å²) >= 11 is 0. The predicted octanol–water partition coefficient (Wildman–Crippen LogP) is 3.74. The first kappa shape index (κ1) is 20.2. The fourth-order valence-corrected chi connectivity index (χ4v) is 4.58. The summed E-state index contributed by atoms with van der Waals surface area (Å²) in [6.45, 7) is 5.16. The molecule has 7 heteroatoms. The van der Waals surface area contributed by atoms with Crippen LogP contribution in [0.2, 0.25) is 0 Å². The van der Waals surface area contributed by atoms with E-state index in [2.05, 4.69) is 4.72 Å². The van der Waals surface area contributed by atoms with Gasteiger partial charge in [0.25, 0.3) is 15.9 Å². The molecule has 1 aliphatic rings.